The average Bonchev–Trinajstić information content (AvgIpc) is 2.98. The predicted octanol–water partition coefficient (Wildman–Crippen LogP) is 2.08. The lowest BCUT2D eigenvalue weighted by molar-refractivity contribution is -0.128. The third kappa shape index (κ3) is 3.91. The number of fused-ring (bicyclic) bond motifs is 1. The van der Waals surface area contributed by atoms with Crippen LogP contribution in [-0.4, -0.2) is 21.4 Å². The van der Waals surface area contributed by atoms with Crippen molar-refractivity contribution in [2.24, 2.45) is 0 Å². The quantitative estimate of drug-likeness (QED) is 0.713. The van der Waals surface area contributed by atoms with Gasteiger partial charge in [-0.05, 0) is 29.8 Å². The van der Waals surface area contributed by atoms with E-state index < -0.39 is 0 Å². The summed E-state index contributed by atoms with van der Waals surface area (Å²) in [4.78, 5) is 28.0. The van der Waals surface area contributed by atoms with Crippen LogP contribution in [0.15, 0.2) is 54.9 Å². The summed E-state index contributed by atoms with van der Waals surface area (Å²) in [6.45, 7) is 0.0712. The van der Waals surface area contributed by atoms with Crippen LogP contribution in [0.2, 0.25) is 5.02 Å². The number of halogens is 1. The van der Waals surface area contributed by atoms with Crippen molar-refractivity contribution in [2.75, 3.05) is 0 Å². The van der Waals surface area contributed by atoms with Crippen LogP contribution >= 0.6 is 11.6 Å². The Morgan fingerprint density at radius 2 is 1.71 bits per heavy atom. The molecule has 7 heteroatoms. The fourth-order valence-electron chi connectivity index (χ4n) is 2.30. The number of imidazole rings is 1. The Labute approximate surface area is 143 Å². The van der Waals surface area contributed by atoms with E-state index in [-0.39, 0.29) is 24.8 Å². The number of benzene rings is 2. The first-order valence-corrected chi connectivity index (χ1v) is 7.71. The van der Waals surface area contributed by atoms with Gasteiger partial charge in [0.25, 0.3) is 5.91 Å². The van der Waals surface area contributed by atoms with E-state index >= 15 is 0 Å². The molecule has 0 aliphatic rings. The van der Waals surface area contributed by atoms with Gasteiger partial charge in [-0.15, -0.1) is 0 Å². The Morgan fingerprint density at radius 1 is 1.00 bits per heavy atom. The van der Waals surface area contributed by atoms with E-state index in [0.717, 1.165) is 16.6 Å². The van der Waals surface area contributed by atoms with Crippen molar-refractivity contribution in [2.45, 2.75) is 13.0 Å². The summed E-state index contributed by atoms with van der Waals surface area (Å²) in [5, 5.41) is 0.611. The van der Waals surface area contributed by atoms with Crippen LogP contribution in [0.25, 0.3) is 11.0 Å². The van der Waals surface area contributed by atoms with E-state index in [4.69, 9.17) is 11.6 Å². The fraction of sp³-hybridized carbons (Fsp3) is 0.118. The van der Waals surface area contributed by atoms with Gasteiger partial charge in [-0.3, -0.25) is 20.4 Å². The van der Waals surface area contributed by atoms with Crippen LogP contribution in [0.5, 0.6) is 0 Å². The van der Waals surface area contributed by atoms with E-state index in [2.05, 4.69) is 15.8 Å². The third-order valence-electron chi connectivity index (χ3n) is 3.46. The van der Waals surface area contributed by atoms with E-state index in [0.29, 0.717) is 5.02 Å². The maximum absolute atomic E-state index is 12.0. The molecule has 1 heterocycles. The van der Waals surface area contributed by atoms with Gasteiger partial charge in [0.1, 0.15) is 6.54 Å². The first-order valence-electron chi connectivity index (χ1n) is 7.34. The highest BCUT2D eigenvalue weighted by atomic mass is 35.5. The Bertz CT molecular complexity index is 874. The first kappa shape index (κ1) is 16.0. The van der Waals surface area contributed by atoms with E-state index in [1.807, 2.05) is 24.3 Å². The summed E-state index contributed by atoms with van der Waals surface area (Å²) in [6.07, 6.45) is 1.76. The van der Waals surface area contributed by atoms with Gasteiger partial charge in [-0.25, -0.2) is 4.98 Å². The molecule has 122 valence electrons. The van der Waals surface area contributed by atoms with Crippen LogP contribution in [0.3, 0.4) is 0 Å². The summed E-state index contributed by atoms with van der Waals surface area (Å²) in [7, 11) is 0. The number of hydrogen-bond acceptors (Lipinski definition) is 3. The van der Waals surface area contributed by atoms with Crippen LogP contribution in [-0.2, 0) is 22.6 Å². The van der Waals surface area contributed by atoms with Crippen LogP contribution in [0.1, 0.15) is 5.56 Å². The highest BCUT2D eigenvalue weighted by Crippen LogP contribution is 2.11. The Morgan fingerprint density at radius 3 is 2.50 bits per heavy atom. The fourth-order valence-corrected chi connectivity index (χ4v) is 2.43. The molecule has 2 N–H and O–H groups in total. The van der Waals surface area contributed by atoms with Gasteiger partial charge in [0.05, 0.1) is 23.8 Å². The van der Waals surface area contributed by atoms with Gasteiger partial charge in [0.15, 0.2) is 0 Å². The predicted molar refractivity (Wildman–Crippen MR) is 91.2 cm³/mol. The molecular weight excluding hydrogens is 328 g/mol. The minimum absolute atomic E-state index is 0.0712. The second kappa shape index (κ2) is 7.14. The number of para-hydroxylation sites is 2. The highest BCUT2D eigenvalue weighted by molar-refractivity contribution is 6.30. The molecular formula is C17H15ClN4O2. The van der Waals surface area contributed by atoms with Crippen LogP contribution in [0.4, 0.5) is 0 Å². The average molecular weight is 343 g/mol. The molecule has 0 saturated heterocycles. The molecule has 6 nitrogen and oxygen atoms in total. The molecule has 2 aromatic carbocycles. The molecule has 0 spiro atoms. The Balaban J connectivity index is 1.52. The lowest BCUT2D eigenvalue weighted by Gasteiger charge is -2.08. The van der Waals surface area contributed by atoms with Crippen molar-refractivity contribution in [1.82, 2.24) is 20.4 Å². The molecule has 0 aliphatic carbocycles. The molecule has 0 unspecified atom stereocenters. The topological polar surface area (TPSA) is 76.0 Å². The molecule has 0 radical (unpaired) electrons. The van der Waals surface area contributed by atoms with Gasteiger partial charge in [0.2, 0.25) is 5.91 Å². The van der Waals surface area contributed by atoms with Crippen molar-refractivity contribution >= 4 is 34.4 Å². The molecule has 0 bridgehead atoms. The molecule has 24 heavy (non-hydrogen) atoms. The molecule has 0 fully saturated rings. The second-order valence-corrected chi connectivity index (χ2v) is 5.70. The van der Waals surface area contributed by atoms with Gasteiger partial charge in [-0.1, -0.05) is 35.9 Å². The number of hydrogen-bond donors (Lipinski definition) is 2. The number of carbonyl (C=O) groups excluding carboxylic acids is 2. The maximum Gasteiger partial charge on any atom is 0.258 e. The van der Waals surface area contributed by atoms with Crippen LogP contribution < -0.4 is 10.9 Å². The minimum atomic E-state index is -0.331. The molecule has 0 atom stereocenters. The summed E-state index contributed by atoms with van der Waals surface area (Å²) in [5.74, 6) is -0.635. The summed E-state index contributed by atoms with van der Waals surface area (Å²) in [5.41, 5.74) is 7.29. The number of carbonyl (C=O) groups is 2. The number of hydrazine groups is 1. The van der Waals surface area contributed by atoms with Crippen molar-refractivity contribution in [3.8, 4) is 0 Å². The SMILES string of the molecule is O=C(Cc1ccc(Cl)cc1)NNC(=O)Cn1cnc2ccccc21. The lowest BCUT2D eigenvalue weighted by Crippen LogP contribution is -2.43. The number of nitrogens with one attached hydrogen (secondary N) is 2. The standard InChI is InChI=1S/C17H15ClN4O2/c18-13-7-5-12(6-8-13)9-16(23)20-21-17(24)10-22-11-19-14-3-1-2-4-15(14)22/h1-8,11H,9-10H2,(H,20,23)(H,21,24). The zero-order valence-electron chi connectivity index (χ0n) is 12.7. The molecule has 3 rings (SSSR count). The highest BCUT2D eigenvalue weighted by Gasteiger charge is 2.08. The smallest absolute Gasteiger partial charge is 0.258 e. The lowest BCUT2D eigenvalue weighted by atomic mass is 10.1. The van der Waals surface area contributed by atoms with Gasteiger partial charge < -0.3 is 4.57 Å². The zero-order chi connectivity index (χ0) is 16.9. The monoisotopic (exact) mass is 342 g/mol. The molecule has 3 aromatic rings. The van der Waals surface area contributed by atoms with Crippen molar-refractivity contribution in [3.05, 3.63) is 65.4 Å². The van der Waals surface area contributed by atoms with Gasteiger partial charge >= 0.3 is 0 Å². The second-order valence-electron chi connectivity index (χ2n) is 5.26. The molecule has 1 aromatic heterocycles. The minimum Gasteiger partial charge on any atom is -0.321 e. The van der Waals surface area contributed by atoms with Crippen LogP contribution in [0, 0.1) is 0 Å². The Kier molecular flexibility index (Phi) is 4.77. The van der Waals surface area contributed by atoms with Gasteiger partial charge in [0, 0.05) is 5.02 Å². The normalized spacial score (nSPS) is 10.5. The first-order chi connectivity index (χ1) is 11.6. The summed E-state index contributed by atoms with van der Waals surface area (Å²) in [6, 6.07) is 14.5. The van der Waals surface area contributed by atoms with E-state index in [9.17, 15) is 9.59 Å². The number of aromatic nitrogens is 2. The largest absolute Gasteiger partial charge is 0.321 e. The zero-order valence-corrected chi connectivity index (χ0v) is 13.5. The molecule has 0 saturated carbocycles. The van der Waals surface area contributed by atoms with Crippen molar-refractivity contribution in [3.63, 3.8) is 0 Å². The molecule has 0 aliphatic heterocycles. The Hall–Kier alpha value is -2.86. The number of rotatable bonds is 4. The molecule has 2 amide bonds. The number of amides is 2. The third-order valence-corrected chi connectivity index (χ3v) is 3.71. The maximum atomic E-state index is 12.0. The summed E-state index contributed by atoms with van der Waals surface area (Å²) < 4.78 is 1.72. The number of nitrogens with zero attached hydrogens (tertiary/aromatic N) is 2. The summed E-state index contributed by atoms with van der Waals surface area (Å²) >= 11 is 5.80. The van der Waals surface area contributed by atoms with Gasteiger partial charge in [-0.2, -0.15) is 0 Å². The van der Waals surface area contributed by atoms with E-state index in [1.54, 1.807) is 35.2 Å². The van der Waals surface area contributed by atoms with Crippen molar-refractivity contribution in [1.29, 1.82) is 0 Å². The van der Waals surface area contributed by atoms with Crippen molar-refractivity contribution < 1.29 is 9.59 Å². The van der Waals surface area contributed by atoms with E-state index in [1.165, 1.54) is 0 Å².